The molecule has 0 saturated heterocycles. The molecule has 0 N–H and O–H groups in total. The summed E-state index contributed by atoms with van der Waals surface area (Å²) in [6.07, 6.45) is 4.98. The Morgan fingerprint density at radius 3 is 2.06 bits per heavy atom. The second kappa shape index (κ2) is 3.25. The molecule has 2 unspecified atom stereocenters. The van der Waals surface area contributed by atoms with Crippen LogP contribution in [0.25, 0.3) is 0 Å². The first-order valence-electron chi connectivity index (χ1n) is 5.73. The van der Waals surface area contributed by atoms with Gasteiger partial charge in [0.1, 0.15) is 0 Å². The van der Waals surface area contributed by atoms with Crippen molar-refractivity contribution in [3.05, 3.63) is 0 Å². The van der Waals surface area contributed by atoms with Crippen molar-refractivity contribution < 1.29 is 13.2 Å². The molecule has 0 aromatic rings. The average Bonchev–Trinajstić information content (AvgIpc) is 1.91. The van der Waals surface area contributed by atoms with E-state index < -0.39 is 10.3 Å². The molecule has 4 fully saturated rings. The van der Waals surface area contributed by atoms with E-state index in [4.69, 9.17) is 11.6 Å². The Morgan fingerprint density at radius 1 is 1.06 bits per heavy atom. The largest absolute Gasteiger partial charge is 0.442 e. The molecular formula is C11H14ClF3S. The molecule has 4 bridgehead atoms. The quantitative estimate of drug-likeness (QED) is 0.629. The van der Waals surface area contributed by atoms with E-state index >= 15 is 0 Å². The third kappa shape index (κ3) is 1.96. The summed E-state index contributed by atoms with van der Waals surface area (Å²) in [6, 6.07) is 0. The van der Waals surface area contributed by atoms with E-state index in [9.17, 15) is 13.2 Å². The molecule has 0 radical (unpaired) electrons. The fourth-order valence-electron chi connectivity index (χ4n) is 4.43. The van der Waals surface area contributed by atoms with E-state index in [0.29, 0.717) is 18.3 Å². The van der Waals surface area contributed by atoms with Gasteiger partial charge in [-0.05, 0) is 62.1 Å². The maximum absolute atomic E-state index is 12.6. The molecule has 4 aliphatic rings. The van der Waals surface area contributed by atoms with Gasteiger partial charge in [0, 0.05) is 9.62 Å². The molecule has 0 spiro atoms. The molecule has 0 aromatic heterocycles. The van der Waals surface area contributed by atoms with Crippen molar-refractivity contribution in [1.82, 2.24) is 0 Å². The Labute approximate surface area is 102 Å². The molecule has 0 heterocycles. The molecule has 4 rings (SSSR count). The van der Waals surface area contributed by atoms with Gasteiger partial charge >= 0.3 is 5.51 Å². The van der Waals surface area contributed by atoms with E-state index in [1.54, 1.807) is 0 Å². The Bertz CT molecular complexity index is 297. The van der Waals surface area contributed by atoms with Crippen molar-refractivity contribution in [2.45, 2.75) is 53.7 Å². The SMILES string of the molecule is FC(F)(F)SC12C[C@@H]3C[C@@H](CC(Cl)(C3)C1)C2. The summed E-state index contributed by atoms with van der Waals surface area (Å²) in [5, 5.41) is 0. The highest BCUT2D eigenvalue weighted by Gasteiger charge is 2.60. The third-order valence-electron chi connectivity index (χ3n) is 4.27. The number of hydrogen-bond acceptors (Lipinski definition) is 1. The Hall–Kier alpha value is 0.430. The number of hydrogen-bond donors (Lipinski definition) is 0. The minimum Gasteiger partial charge on any atom is -0.160 e. The predicted octanol–water partition coefficient (Wildman–Crippen LogP) is 4.57. The first-order valence-corrected chi connectivity index (χ1v) is 6.93. The fraction of sp³-hybridized carbons (Fsp3) is 1.00. The first-order chi connectivity index (χ1) is 7.28. The zero-order chi connectivity index (χ0) is 11.6. The van der Waals surface area contributed by atoms with Gasteiger partial charge in [-0.2, -0.15) is 13.2 Å². The Morgan fingerprint density at radius 2 is 1.62 bits per heavy atom. The predicted molar refractivity (Wildman–Crippen MR) is 59.6 cm³/mol. The molecule has 0 nitrogen and oxygen atoms in total. The van der Waals surface area contributed by atoms with Crippen LogP contribution in [-0.2, 0) is 0 Å². The van der Waals surface area contributed by atoms with Crippen LogP contribution in [0.2, 0.25) is 0 Å². The van der Waals surface area contributed by atoms with Crippen LogP contribution in [0.3, 0.4) is 0 Å². The monoisotopic (exact) mass is 270 g/mol. The van der Waals surface area contributed by atoms with Gasteiger partial charge < -0.3 is 0 Å². The van der Waals surface area contributed by atoms with Crippen LogP contribution >= 0.6 is 23.4 Å². The first kappa shape index (κ1) is 11.5. The summed E-state index contributed by atoms with van der Waals surface area (Å²) in [6.45, 7) is 0. The molecule has 0 aliphatic heterocycles. The lowest BCUT2D eigenvalue weighted by Gasteiger charge is -2.59. The van der Waals surface area contributed by atoms with Gasteiger partial charge in [0.25, 0.3) is 0 Å². The van der Waals surface area contributed by atoms with Crippen molar-refractivity contribution >= 4 is 23.4 Å². The smallest absolute Gasteiger partial charge is 0.160 e. The van der Waals surface area contributed by atoms with Crippen molar-refractivity contribution in [2.24, 2.45) is 11.8 Å². The van der Waals surface area contributed by atoms with Gasteiger partial charge in [-0.15, -0.1) is 11.6 Å². The lowest BCUT2D eigenvalue weighted by atomic mass is 9.55. The van der Waals surface area contributed by atoms with E-state index in [1.165, 1.54) is 0 Å². The van der Waals surface area contributed by atoms with Crippen LogP contribution in [-0.4, -0.2) is 15.1 Å². The van der Waals surface area contributed by atoms with Crippen LogP contribution in [0.4, 0.5) is 13.2 Å². The molecule has 16 heavy (non-hydrogen) atoms. The van der Waals surface area contributed by atoms with E-state index in [1.807, 2.05) is 0 Å². The summed E-state index contributed by atoms with van der Waals surface area (Å²) in [7, 11) is 0. The number of rotatable bonds is 1. The normalized spacial score (nSPS) is 51.0. The standard InChI is InChI=1S/C11H14ClF3S/c12-9-2-7-1-8(3-9)5-10(4-7,6-9)16-11(13,14)15/h7-8H,1-6H2/t7-,8+,9?,10?. The molecule has 0 amide bonds. The van der Waals surface area contributed by atoms with Crippen LogP contribution < -0.4 is 0 Å². The molecule has 0 aromatic carbocycles. The van der Waals surface area contributed by atoms with Gasteiger partial charge in [0.2, 0.25) is 0 Å². The maximum Gasteiger partial charge on any atom is 0.442 e. The van der Waals surface area contributed by atoms with Gasteiger partial charge in [-0.3, -0.25) is 0 Å². The van der Waals surface area contributed by atoms with Gasteiger partial charge in [0.15, 0.2) is 0 Å². The van der Waals surface area contributed by atoms with Gasteiger partial charge in [-0.25, -0.2) is 0 Å². The van der Waals surface area contributed by atoms with Gasteiger partial charge in [0.05, 0.1) is 0 Å². The molecule has 4 atom stereocenters. The van der Waals surface area contributed by atoms with E-state index in [2.05, 4.69) is 0 Å². The van der Waals surface area contributed by atoms with Crippen LogP contribution in [0.1, 0.15) is 38.5 Å². The molecule has 92 valence electrons. The minimum atomic E-state index is -4.11. The Balaban J connectivity index is 1.86. The number of halogens is 4. The molecular weight excluding hydrogens is 257 g/mol. The summed E-state index contributed by atoms with van der Waals surface area (Å²) >= 11 is 6.70. The molecule has 4 aliphatic carbocycles. The van der Waals surface area contributed by atoms with Crippen LogP contribution in [0, 0.1) is 11.8 Å². The fourth-order valence-corrected chi connectivity index (χ4v) is 6.68. The van der Waals surface area contributed by atoms with Crippen molar-refractivity contribution in [2.75, 3.05) is 0 Å². The van der Waals surface area contributed by atoms with Crippen molar-refractivity contribution in [3.8, 4) is 0 Å². The van der Waals surface area contributed by atoms with E-state index in [0.717, 1.165) is 32.1 Å². The number of thioether (sulfide) groups is 1. The van der Waals surface area contributed by atoms with Crippen LogP contribution in [0.5, 0.6) is 0 Å². The zero-order valence-electron chi connectivity index (χ0n) is 8.82. The third-order valence-corrected chi connectivity index (χ3v) is 5.85. The Kier molecular flexibility index (Phi) is 2.34. The lowest BCUT2D eigenvalue weighted by molar-refractivity contribution is -0.0386. The highest BCUT2D eigenvalue weighted by atomic mass is 35.5. The van der Waals surface area contributed by atoms with Crippen molar-refractivity contribution in [3.63, 3.8) is 0 Å². The highest BCUT2D eigenvalue weighted by molar-refractivity contribution is 8.01. The summed E-state index contributed by atoms with van der Waals surface area (Å²) in [5.74, 6) is 0.877. The van der Waals surface area contributed by atoms with Gasteiger partial charge in [-0.1, -0.05) is 0 Å². The molecule has 5 heteroatoms. The summed E-state index contributed by atoms with van der Waals surface area (Å²) in [5.41, 5.74) is -4.11. The average molecular weight is 271 g/mol. The topological polar surface area (TPSA) is 0 Å². The molecule has 4 saturated carbocycles. The minimum absolute atomic E-state index is 0.228. The van der Waals surface area contributed by atoms with E-state index in [-0.39, 0.29) is 16.6 Å². The second-order valence-electron chi connectivity index (χ2n) is 5.84. The highest BCUT2D eigenvalue weighted by Crippen LogP contribution is 2.66. The maximum atomic E-state index is 12.6. The lowest BCUT2D eigenvalue weighted by Crippen LogP contribution is -2.55. The van der Waals surface area contributed by atoms with Crippen LogP contribution in [0.15, 0.2) is 0 Å². The number of alkyl halides is 4. The summed E-state index contributed by atoms with van der Waals surface area (Å²) in [4.78, 5) is -0.317. The summed E-state index contributed by atoms with van der Waals surface area (Å²) < 4.78 is 37.2. The zero-order valence-corrected chi connectivity index (χ0v) is 10.4. The van der Waals surface area contributed by atoms with Crippen molar-refractivity contribution in [1.29, 1.82) is 0 Å². The second-order valence-corrected chi connectivity index (χ2v) is 8.18.